The Bertz CT molecular complexity index is 584. The smallest absolute Gasteiger partial charge is 0.246 e. The van der Waals surface area contributed by atoms with E-state index in [9.17, 15) is 9.59 Å². The Labute approximate surface area is 162 Å². The summed E-state index contributed by atoms with van der Waals surface area (Å²) < 4.78 is 0. The number of rotatable bonds is 7. The molecule has 1 aromatic rings. The number of nitrogens with two attached hydrogens (primary N) is 1. The van der Waals surface area contributed by atoms with Crippen molar-refractivity contribution in [1.82, 2.24) is 10.2 Å². The van der Waals surface area contributed by atoms with E-state index in [1.165, 1.54) is 12.0 Å². The SMILES string of the molecule is C[C@H](N)C(=O)N[C@H](/C=C/C(=O)N1CCCCC1)CCc1ccccc1.Cl. The van der Waals surface area contributed by atoms with Crippen LogP contribution in [0.15, 0.2) is 42.5 Å². The maximum Gasteiger partial charge on any atom is 0.246 e. The van der Waals surface area contributed by atoms with Gasteiger partial charge in [-0.05, 0) is 44.6 Å². The van der Waals surface area contributed by atoms with Crippen molar-refractivity contribution >= 4 is 24.2 Å². The number of carbonyl (C=O) groups is 2. The number of benzene rings is 1. The van der Waals surface area contributed by atoms with Gasteiger partial charge in [-0.15, -0.1) is 12.4 Å². The molecule has 1 aromatic carbocycles. The second-order valence-corrected chi connectivity index (χ2v) is 6.67. The van der Waals surface area contributed by atoms with E-state index < -0.39 is 6.04 Å². The zero-order valence-corrected chi connectivity index (χ0v) is 16.2. The van der Waals surface area contributed by atoms with Gasteiger partial charge in [0.05, 0.1) is 6.04 Å². The lowest BCUT2D eigenvalue weighted by Gasteiger charge is -2.25. The van der Waals surface area contributed by atoms with E-state index >= 15 is 0 Å². The first-order chi connectivity index (χ1) is 12.1. The molecule has 1 aliphatic heterocycles. The van der Waals surface area contributed by atoms with E-state index in [1.54, 1.807) is 19.1 Å². The maximum absolute atomic E-state index is 12.3. The number of nitrogens with zero attached hydrogens (tertiary/aromatic N) is 1. The van der Waals surface area contributed by atoms with Gasteiger partial charge in [0, 0.05) is 25.2 Å². The highest BCUT2D eigenvalue weighted by molar-refractivity contribution is 5.88. The second kappa shape index (κ2) is 11.7. The van der Waals surface area contributed by atoms with E-state index in [2.05, 4.69) is 17.4 Å². The molecule has 2 amide bonds. The molecule has 1 aliphatic rings. The van der Waals surface area contributed by atoms with Crippen molar-refractivity contribution < 1.29 is 9.59 Å². The predicted octanol–water partition coefficient (Wildman–Crippen LogP) is 2.44. The number of hydrogen-bond donors (Lipinski definition) is 2. The Balaban J connectivity index is 0.00000338. The summed E-state index contributed by atoms with van der Waals surface area (Å²) in [6, 6.07) is 9.34. The zero-order valence-electron chi connectivity index (χ0n) is 15.4. The molecular formula is C20H30ClN3O2. The van der Waals surface area contributed by atoms with Crippen molar-refractivity contribution in [3.05, 3.63) is 48.0 Å². The first-order valence-corrected chi connectivity index (χ1v) is 9.13. The van der Waals surface area contributed by atoms with Gasteiger partial charge >= 0.3 is 0 Å². The fourth-order valence-electron chi connectivity index (χ4n) is 2.92. The molecule has 0 saturated carbocycles. The highest BCUT2D eigenvalue weighted by atomic mass is 35.5. The van der Waals surface area contributed by atoms with Crippen LogP contribution in [0.2, 0.25) is 0 Å². The van der Waals surface area contributed by atoms with Gasteiger partial charge in [0.1, 0.15) is 0 Å². The van der Waals surface area contributed by atoms with Crippen molar-refractivity contribution in [3.8, 4) is 0 Å². The predicted molar refractivity (Wildman–Crippen MR) is 107 cm³/mol. The molecule has 144 valence electrons. The van der Waals surface area contributed by atoms with Gasteiger partial charge in [-0.2, -0.15) is 0 Å². The summed E-state index contributed by atoms with van der Waals surface area (Å²) in [7, 11) is 0. The molecule has 1 fully saturated rings. The number of nitrogens with one attached hydrogen (secondary N) is 1. The van der Waals surface area contributed by atoms with Gasteiger partial charge in [0.15, 0.2) is 0 Å². The monoisotopic (exact) mass is 379 g/mol. The largest absolute Gasteiger partial charge is 0.349 e. The minimum absolute atomic E-state index is 0. The van der Waals surface area contributed by atoms with Crippen LogP contribution >= 0.6 is 12.4 Å². The third kappa shape index (κ3) is 7.58. The van der Waals surface area contributed by atoms with Crippen LogP contribution in [0.4, 0.5) is 0 Å². The standard InChI is InChI=1S/C20H29N3O2.ClH/c1-16(21)20(25)22-18(11-10-17-8-4-2-5-9-17)12-13-19(24)23-14-6-3-7-15-23;/h2,4-5,8-9,12-13,16,18H,3,6-7,10-11,14-15,21H2,1H3,(H,22,25);1H/b13-12+;/t16-,18-;/m0./s1. The number of piperidine rings is 1. The van der Waals surface area contributed by atoms with Gasteiger partial charge < -0.3 is 16.0 Å². The van der Waals surface area contributed by atoms with Gasteiger partial charge in [0.2, 0.25) is 11.8 Å². The first kappa shape index (κ1) is 22.2. The summed E-state index contributed by atoms with van der Waals surface area (Å²) in [4.78, 5) is 26.1. The molecule has 0 radical (unpaired) electrons. The Hall–Kier alpha value is -1.85. The number of halogens is 1. The summed E-state index contributed by atoms with van der Waals surface area (Å²) >= 11 is 0. The van der Waals surface area contributed by atoms with E-state index in [1.807, 2.05) is 23.1 Å². The summed E-state index contributed by atoms with van der Waals surface area (Å²) in [5.41, 5.74) is 6.86. The molecule has 5 nitrogen and oxygen atoms in total. The van der Waals surface area contributed by atoms with E-state index in [-0.39, 0.29) is 30.3 Å². The van der Waals surface area contributed by atoms with Gasteiger partial charge in [-0.3, -0.25) is 9.59 Å². The quantitative estimate of drug-likeness (QED) is 0.714. The van der Waals surface area contributed by atoms with Gasteiger partial charge in [-0.25, -0.2) is 0 Å². The van der Waals surface area contributed by atoms with E-state index in [4.69, 9.17) is 5.73 Å². The lowest BCUT2D eigenvalue weighted by Crippen LogP contribution is -2.43. The van der Waals surface area contributed by atoms with Crippen LogP contribution in [0, 0.1) is 0 Å². The maximum atomic E-state index is 12.3. The van der Waals surface area contributed by atoms with Crippen LogP contribution in [-0.2, 0) is 16.0 Å². The molecule has 0 bridgehead atoms. The molecule has 0 aliphatic carbocycles. The number of carbonyl (C=O) groups excluding carboxylic acids is 2. The Morgan fingerprint density at radius 1 is 1.19 bits per heavy atom. The van der Waals surface area contributed by atoms with Crippen LogP contribution in [-0.4, -0.2) is 41.9 Å². The average molecular weight is 380 g/mol. The molecule has 0 unspecified atom stereocenters. The molecule has 0 aromatic heterocycles. The minimum atomic E-state index is -0.564. The van der Waals surface area contributed by atoms with Crippen molar-refractivity contribution in [2.24, 2.45) is 5.73 Å². The van der Waals surface area contributed by atoms with Gasteiger partial charge in [-0.1, -0.05) is 36.4 Å². The van der Waals surface area contributed by atoms with Crippen LogP contribution in [0.1, 0.15) is 38.2 Å². The highest BCUT2D eigenvalue weighted by Crippen LogP contribution is 2.10. The highest BCUT2D eigenvalue weighted by Gasteiger charge is 2.16. The van der Waals surface area contributed by atoms with Crippen LogP contribution in [0.3, 0.4) is 0 Å². The Morgan fingerprint density at radius 2 is 1.85 bits per heavy atom. The first-order valence-electron chi connectivity index (χ1n) is 9.13. The van der Waals surface area contributed by atoms with Gasteiger partial charge in [0.25, 0.3) is 0 Å². The Morgan fingerprint density at radius 3 is 2.46 bits per heavy atom. The molecule has 6 heteroatoms. The Kier molecular flexibility index (Phi) is 9.99. The van der Waals surface area contributed by atoms with Crippen molar-refractivity contribution in [1.29, 1.82) is 0 Å². The molecule has 0 spiro atoms. The number of aryl methyl sites for hydroxylation is 1. The number of hydrogen-bond acceptors (Lipinski definition) is 3. The molecular weight excluding hydrogens is 350 g/mol. The van der Waals surface area contributed by atoms with Crippen molar-refractivity contribution in [3.63, 3.8) is 0 Å². The van der Waals surface area contributed by atoms with Crippen LogP contribution in [0.5, 0.6) is 0 Å². The van der Waals surface area contributed by atoms with Crippen LogP contribution in [0.25, 0.3) is 0 Å². The van der Waals surface area contributed by atoms with Crippen molar-refractivity contribution in [2.75, 3.05) is 13.1 Å². The van der Waals surface area contributed by atoms with Crippen LogP contribution < -0.4 is 11.1 Å². The topological polar surface area (TPSA) is 75.4 Å². The minimum Gasteiger partial charge on any atom is -0.349 e. The van der Waals surface area contributed by atoms with E-state index in [0.29, 0.717) is 0 Å². The lowest BCUT2D eigenvalue weighted by atomic mass is 10.0. The normalized spacial score (nSPS) is 16.6. The fourth-order valence-corrected chi connectivity index (χ4v) is 2.92. The third-order valence-electron chi connectivity index (χ3n) is 4.47. The fraction of sp³-hybridized carbons (Fsp3) is 0.500. The summed E-state index contributed by atoms with van der Waals surface area (Å²) in [6.45, 7) is 3.31. The zero-order chi connectivity index (χ0) is 18.1. The molecule has 26 heavy (non-hydrogen) atoms. The van der Waals surface area contributed by atoms with E-state index in [0.717, 1.165) is 38.8 Å². The molecule has 1 heterocycles. The molecule has 2 rings (SSSR count). The van der Waals surface area contributed by atoms with Crippen molar-refractivity contribution in [2.45, 2.75) is 51.1 Å². The average Bonchev–Trinajstić information content (AvgIpc) is 2.65. The number of amides is 2. The lowest BCUT2D eigenvalue weighted by molar-refractivity contribution is -0.127. The summed E-state index contributed by atoms with van der Waals surface area (Å²) in [6.07, 6.45) is 8.29. The molecule has 3 N–H and O–H groups in total. The molecule has 1 saturated heterocycles. The second-order valence-electron chi connectivity index (χ2n) is 6.67. The molecule has 2 atom stereocenters. The third-order valence-corrected chi connectivity index (χ3v) is 4.47. The summed E-state index contributed by atoms with van der Waals surface area (Å²) in [5.74, 6) is -0.174. The summed E-state index contributed by atoms with van der Waals surface area (Å²) in [5, 5.41) is 2.92. The number of likely N-dealkylation sites (tertiary alicyclic amines) is 1.